The lowest BCUT2D eigenvalue weighted by molar-refractivity contribution is -0.00393. The molecule has 1 aliphatic rings. The van der Waals surface area contributed by atoms with Crippen LogP contribution in [0.25, 0.3) is 10.2 Å². The normalized spacial score (nSPS) is 15.5. The van der Waals surface area contributed by atoms with E-state index in [0.29, 0.717) is 52.2 Å². The molecule has 188 valence electrons. The third-order valence-corrected chi connectivity index (χ3v) is 7.70. The number of methoxy groups -OCH3 is 1. The zero-order valence-electron chi connectivity index (χ0n) is 20.3. The predicted octanol–water partition coefficient (Wildman–Crippen LogP) is 3.79. The number of ether oxygens (including phenoxy) is 2. The minimum absolute atomic E-state index is 0.230. The molecule has 2 heterocycles. The average Bonchev–Trinajstić information content (AvgIpc) is 3.21. The summed E-state index contributed by atoms with van der Waals surface area (Å²) < 4.78 is 10.6. The maximum Gasteiger partial charge on any atom is 0.348 e. The van der Waals surface area contributed by atoms with Crippen LogP contribution in [0.1, 0.15) is 58.7 Å². The van der Waals surface area contributed by atoms with Gasteiger partial charge in [-0.15, -0.1) is 11.3 Å². The number of H-pyrrole nitrogens is 1. The molecule has 9 heteroatoms. The smallest absolute Gasteiger partial charge is 0.348 e. The van der Waals surface area contributed by atoms with Gasteiger partial charge in [-0.05, 0) is 30.9 Å². The summed E-state index contributed by atoms with van der Waals surface area (Å²) in [5.74, 6) is 0.0667. The minimum Gasteiger partial charge on any atom is -0.465 e. The third kappa shape index (κ3) is 6.35. The van der Waals surface area contributed by atoms with E-state index in [1.54, 1.807) is 6.92 Å². The van der Waals surface area contributed by atoms with E-state index in [9.17, 15) is 14.7 Å². The summed E-state index contributed by atoms with van der Waals surface area (Å²) >= 11 is 1.18. The Hall–Kier alpha value is -2.59. The standard InChI is InChI=1S/C26H33N3O5S/c1-17-22-24(31)27-21(28-25(22)35-23(17)26(32)33-2)14-29(19-11-7-4-8-12-19)13-20(30)16-34-15-18-9-5-3-6-10-18/h3,5-6,9-10,19-20,30H,4,7-8,11-16H2,1-2H3,(H,27,28,31)/t20-/m0/s1. The van der Waals surface area contributed by atoms with Crippen molar-refractivity contribution in [1.82, 2.24) is 14.9 Å². The van der Waals surface area contributed by atoms with Gasteiger partial charge in [0, 0.05) is 12.6 Å². The molecule has 0 unspecified atom stereocenters. The highest BCUT2D eigenvalue weighted by atomic mass is 32.1. The van der Waals surface area contributed by atoms with E-state index in [1.165, 1.54) is 24.9 Å². The van der Waals surface area contributed by atoms with Gasteiger partial charge in [0.1, 0.15) is 15.5 Å². The van der Waals surface area contributed by atoms with E-state index >= 15 is 0 Å². The average molecular weight is 500 g/mol. The van der Waals surface area contributed by atoms with E-state index in [4.69, 9.17) is 9.47 Å². The maximum absolute atomic E-state index is 12.9. The van der Waals surface area contributed by atoms with Gasteiger partial charge < -0.3 is 19.6 Å². The summed E-state index contributed by atoms with van der Waals surface area (Å²) in [5.41, 5.74) is 1.40. The van der Waals surface area contributed by atoms with Gasteiger partial charge in [-0.2, -0.15) is 0 Å². The van der Waals surface area contributed by atoms with Gasteiger partial charge in [-0.3, -0.25) is 9.69 Å². The number of aromatic amines is 1. The molecule has 0 bridgehead atoms. The van der Waals surface area contributed by atoms with Crippen LogP contribution in [-0.4, -0.2) is 58.4 Å². The van der Waals surface area contributed by atoms with Crippen LogP contribution in [0.15, 0.2) is 35.1 Å². The zero-order valence-corrected chi connectivity index (χ0v) is 21.1. The van der Waals surface area contributed by atoms with Gasteiger partial charge in [0.25, 0.3) is 5.56 Å². The quantitative estimate of drug-likeness (QED) is 0.409. The molecule has 35 heavy (non-hydrogen) atoms. The molecule has 4 rings (SSSR count). The topological polar surface area (TPSA) is 105 Å². The number of nitrogens with zero attached hydrogens (tertiary/aromatic N) is 2. The fraction of sp³-hybridized carbons (Fsp3) is 0.500. The molecule has 1 aliphatic carbocycles. The van der Waals surface area contributed by atoms with Crippen LogP contribution in [0.4, 0.5) is 0 Å². The van der Waals surface area contributed by atoms with Gasteiger partial charge in [0.05, 0.1) is 38.4 Å². The molecule has 0 saturated heterocycles. The molecular formula is C26H33N3O5S. The molecule has 8 nitrogen and oxygen atoms in total. The Balaban J connectivity index is 1.48. The molecule has 0 aliphatic heterocycles. The van der Waals surface area contributed by atoms with E-state index in [1.807, 2.05) is 30.3 Å². The fourth-order valence-corrected chi connectivity index (χ4v) is 5.86. The highest BCUT2D eigenvalue weighted by molar-refractivity contribution is 7.20. The van der Waals surface area contributed by atoms with Crippen molar-refractivity contribution >= 4 is 27.5 Å². The summed E-state index contributed by atoms with van der Waals surface area (Å²) in [6.45, 7) is 3.26. The van der Waals surface area contributed by atoms with Gasteiger partial charge in [-0.25, -0.2) is 9.78 Å². The van der Waals surface area contributed by atoms with Crippen LogP contribution < -0.4 is 5.56 Å². The van der Waals surface area contributed by atoms with Crippen LogP contribution in [0, 0.1) is 6.92 Å². The number of nitrogens with one attached hydrogen (secondary N) is 1. The Kier molecular flexibility index (Phi) is 8.67. The SMILES string of the molecule is COC(=O)c1sc2nc(CN(C[C@H](O)COCc3ccccc3)C3CCCCC3)[nH]c(=O)c2c1C. The van der Waals surface area contributed by atoms with Crippen LogP contribution >= 0.6 is 11.3 Å². The van der Waals surface area contributed by atoms with Crippen LogP contribution in [-0.2, 0) is 22.6 Å². The Labute approximate surface area is 208 Å². The Morgan fingerprint density at radius 1 is 1.26 bits per heavy atom. The lowest BCUT2D eigenvalue weighted by Gasteiger charge is -2.35. The van der Waals surface area contributed by atoms with Gasteiger partial charge in [0.15, 0.2) is 0 Å². The summed E-state index contributed by atoms with van der Waals surface area (Å²) in [7, 11) is 1.33. The second kappa shape index (κ2) is 11.9. The number of aryl methyl sites for hydroxylation is 1. The number of hydrogen-bond donors (Lipinski definition) is 2. The molecule has 1 atom stereocenters. The van der Waals surface area contributed by atoms with Crippen molar-refractivity contribution in [3.05, 3.63) is 62.5 Å². The number of thiophene rings is 1. The molecule has 0 amide bonds. The summed E-state index contributed by atoms with van der Waals surface area (Å²) in [6, 6.07) is 10.2. The number of aliphatic hydroxyl groups excluding tert-OH is 1. The fourth-order valence-electron chi connectivity index (χ4n) is 4.74. The monoisotopic (exact) mass is 499 g/mol. The first-order valence-corrected chi connectivity index (χ1v) is 12.9. The Morgan fingerprint density at radius 3 is 2.71 bits per heavy atom. The molecule has 1 saturated carbocycles. The van der Waals surface area contributed by atoms with Gasteiger partial charge in [-0.1, -0.05) is 49.6 Å². The molecule has 2 N–H and O–H groups in total. The summed E-state index contributed by atoms with van der Waals surface area (Å²) in [4.78, 5) is 35.7. The van der Waals surface area contributed by atoms with E-state index in [-0.39, 0.29) is 12.2 Å². The molecule has 0 spiro atoms. The molecular weight excluding hydrogens is 466 g/mol. The lowest BCUT2D eigenvalue weighted by Crippen LogP contribution is -2.43. The van der Waals surface area contributed by atoms with Crippen molar-refractivity contribution in [1.29, 1.82) is 0 Å². The minimum atomic E-state index is -0.661. The number of carbonyl (C=O) groups is 1. The van der Waals surface area contributed by atoms with Crippen molar-refractivity contribution in [2.75, 3.05) is 20.3 Å². The number of aromatic nitrogens is 2. The Bertz CT molecular complexity index is 1190. The highest BCUT2D eigenvalue weighted by Gasteiger charge is 2.25. The Morgan fingerprint density at radius 2 is 2.00 bits per heavy atom. The third-order valence-electron chi connectivity index (χ3n) is 6.53. The number of aliphatic hydroxyl groups is 1. The number of fused-ring (bicyclic) bond motifs is 1. The number of benzene rings is 1. The second-order valence-corrected chi connectivity index (χ2v) is 10.1. The van der Waals surface area contributed by atoms with Crippen LogP contribution in [0.2, 0.25) is 0 Å². The summed E-state index contributed by atoms with van der Waals surface area (Å²) in [5, 5.41) is 11.2. The van der Waals surface area contributed by atoms with E-state index < -0.39 is 12.1 Å². The molecule has 3 aromatic rings. The van der Waals surface area contributed by atoms with Crippen molar-refractivity contribution in [2.24, 2.45) is 0 Å². The number of carbonyl (C=O) groups excluding carboxylic acids is 1. The number of rotatable bonds is 10. The molecule has 1 aromatic carbocycles. The number of esters is 1. The second-order valence-electron chi connectivity index (χ2n) is 9.12. The van der Waals surface area contributed by atoms with E-state index in [0.717, 1.165) is 31.2 Å². The zero-order chi connectivity index (χ0) is 24.8. The first-order valence-electron chi connectivity index (χ1n) is 12.1. The molecule has 0 radical (unpaired) electrons. The first-order chi connectivity index (χ1) is 17.0. The van der Waals surface area contributed by atoms with Crippen molar-refractivity contribution in [2.45, 2.75) is 64.3 Å². The van der Waals surface area contributed by atoms with Crippen molar-refractivity contribution in [3.63, 3.8) is 0 Å². The maximum atomic E-state index is 12.9. The van der Waals surface area contributed by atoms with Crippen molar-refractivity contribution in [3.8, 4) is 0 Å². The van der Waals surface area contributed by atoms with Gasteiger partial charge >= 0.3 is 5.97 Å². The molecule has 2 aromatic heterocycles. The largest absolute Gasteiger partial charge is 0.465 e. The van der Waals surface area contributed by atoms with E-state index in [2.05, 4.69) is 14.9 Å². The predicted molar refractivity (Wildman–Crippen MR) is 136 cm³/mol. The number of hydrogen-bond acceptors (Lipinski definition) is 8. The molecule has 1 fully saturated rings. The highest BCUT2D eigenvalue weighted by Crippen LogP contribution is 2.28. The lowest BCUT2D eigenvalue weighted by atomic mass is 9.94. The van der Waals surface area contributed by atoms with Crippen LogP contribution in [0.3, 0.4) is 0 Å². The van der Waals surface area contributed by atoms with Crippen LogP contribution in [0.5, 0.6) is 0 Å². The summed E-state index contributed by atoms with van der Waals surface area (Å²) in [6.07, 6.45) is 4.96. The van der Waals surface area contributed by atoms with Gasteiger partial charge in [0.2, 0.25) is 0 Å². The van der Waals surface area contributed by atoms with Crippen molar-refractivity contribution < 1.29 is 19.4 Å². The first kappa shape index (κ1) is 25.5.